The van der Waals surface area contributed by atoms with Crippen molar-refractivity contribution < 1.29 is 37.3 Å². The Kier molecular flexibility index (Phi) is 6.26. The highest BCUT2D eigenvalue weighted by Gasteiger charge is 2.47. The Morgan fingerprint density at radius 1 is 0.886 bits per heavy atom. The van der Waals surface area contributed by atoms with Crippen molar-refractivity contribution in [1.29, 1.82) is 0 Å². The van der Waals surface area contributed by atoms with Crippen LogP contribution in [0, 0.1) is 0 Å². The molecule has 180 valence electrons. The number of benzene rings is 3. The highest BCUT2D eigenvalue weighted by Crippen LogP contribution is 2.43. The van der Waals surface area contributed by atoms with Gasteiger partial charge in [-0.1, -0.05) is 18.2 Å². The molecule has 1 aliphatic rings. The molecule has 1 N–H and O–H groups in total. The van der Waals surface area contributed by atoms with Crippen molar-refractivity contribution in [2.75, 3.05) is 19.1 Å². The molecule has 3 aromatic carbocycles. The maximum absolute atomic E-state index is 13.4. The van der Waals surface area contributed by atoms with E-state index in [2.05, 4.69) is 0 Å². The van der Waals surface area contributed by atoms with Crippen LogP contribution in [0.2, 0.25) is 0 Å². The van der Waals surface area contributed by atoms with Crippen molar-refractivity contribution in [3.63, 3.8) is 0 Å². The molecule has 9 heteroatoms. The summed E-state index contributed by atoms with van der Waals surface area (Å²) in [6.07, 6.45) is -4.65. The number of Topliss-reactive ketones (excluding diaryl/α,β-unsaturated/α-hetero) is 1. The Morgan fingerprint density at radius 3 is 2.00 bits per heavy atom. The van der Waals surface area contributed by atoms with Crippen LogP contribution in [-0.2, 0) is 15.8 Å². The van der Waals surface area contributed by atoms with E-state index in [-0.39, 0.29) is 16.8 Å². The molecule has 0 aromatic heterocycles. The zero-order valence-electron chi connectivity index (χ0n) is 18.7. The number of ether oxygens (including phenoxy) is 2. The topological polar surface area (TPSA) is 76.1 Å². The number of aliphatic hydroxyl groups excluding tert-OH is 1. The van der Waals surface area contributed by atoms with E-state index in [4.69, 9.17) is 9.47 Å². The zero-order valence-corrected chi connectivity index (χ0v) is 18.7. The number of carbonyl (C=O) groups is 2. The molecule has 1 unspecified atom stereocenters. The van der Waals surface area contributed by atoms with E-state index in [9.17, 15) is 27.9 Å². The van der Waals surface area contributed by atoms with E-state index < -0.39 is 35.2 Å². The molecule has 1 amide bonds. The van der Waals surface area contributed by atoms with Crippen LogP contribution in [-0.4, -0.2) is 31.0 Å². The van der Waals surface area contributed by atoms with Gasteiger partial charge in [0.05, 0.1) is 31.4 Å². The standard InChI is InChI=1S/C26H20F3NO5/c1-34-19-10-6-15(7-11-19)22-21(23(31)16-8-12-20(35-2)13-9-16)24(32)25(33)30(22)18-5-3-4-17(14-18)26(27,28)29/h3-14,22,31H,1-2H3/b23-21-. The number of nitrogens with zero attached hydrogens (tertiary/aromatic N) is 1. The number of alkyl halides is 3. The van der Waals surface area contributed by atoms with Gasteiger partial charge in [0, 0.05) is 11.3 Å². The lowest BCUT2D eigenvalue weighted by Crippen LogP contribution is -2.29. The van der Waals surface area contributed by atoms with Gasteiger partial charge < -0.3 is 14.6 Å². The molecule has 0 saturated carbocycles. The van der Waals surface area contributed by atoms with Gasteiger partial charge in [0.25, 0.3) is 11.7 Å². The lowest BCUT2D eigenvalue weighted by Gasteiger charge is -2.26. The highest BCUT2D eigenvalue weighted by atomic mass is 19.4. The summed E-state index contributed by atoms with van der Waals surface area (Å²) < 4.78 is 50.4. The lowest BCUT2D eigenvalue weighted by atomic mass is 9.95. The van der Waals surface area contributed by atoms with Gasteiger partial charge in [-0.05, 0) is 60.2 Å². The Bertz CT molecular complexity index is 1300. The molecule has 0 bridgehead atoms. The normalized spacial score (nSPS) is 17.5. The molecule has 1 saturated heterocycles. The first-order valence-corrected chi connectivity index (χ1v) is 10.4. The number of hydrogen-bond acceptors (Lipinski definition) is 5. The van der Waals surface area contributed by atoms with Gasteiger partial charge in [-0.2, -0.15) is 13.2 Å². The van der Waals surface area contributed by atoms with E-state index in [0.29, 0.717) is 17.1 Å². The average molecular weight is 483 g/mol. The van der Waals surface area contributed by atoms with Crippen molar-refractivity contribution in [3.8, 4) is 11.5 Å². The number of hydrogen-bond donors (Lipinski definition) is 1. The molecule has 4 rings (SSSR count). The average Bonchev–Trinajstić information content (AvgIpc) is 3.13. The summed E-state index contributed by atoms with van der Waals surface area (Å²) >= 11 is 0. The summed E-state index contributed by atoms with van der Waals surface area (Å²) in [6, 6.07) is 15.5. The second-order valence-electron chi connectivity index (χ2n) is 7.72. The van der Waals surface area contributed by atoms with Crippen LogP contribution in [0.4, 0.5) is 18.9 Å². The van der Waals surface area contributed by atoms with E-state index in [1.807, 2.05) is 0 Å². The van der Waals surface area contributed by atoms with Crippen LogP contribution in [0.1, 0.15) is 22.7 Å². The first kappa shape index (κ1) is 23.9. The fourth-order valence-electron chi connectivity index (χ4n) is 3.94. The molecule has 1 heterocycles. The monoisotopic (exact) mass is 483 g/mol. The SMILES string of the molecule is COc1ccc(/C(O)=C2/C(=O)C(=O)N(c3cccc(C(F)(F)F)c3)C2c2ccc(OC)cc2)cc1. The molecule has 6 nitrogen and oxygen atoms in total. The van der Waals surface area contributed by atoms with E-state index in [0.717, 1.165) is 23.1 Å². The van der Waals surface area contributed by atoms with Crippen LogP contribution >= 0.6 is 0 Å². The molecule has 1 fully saturated rings. The fraction of sp³-hybridized carbons (Fsp3) is 0.154. The van der Waals surface area contributed by atoms with Gasteiger partial charge in [0.2, 0.25) is 0 Å². The summed E-state index contributed by atoms with van der Waals surface area (Å²) in [7, 11) is 2.94. The number of ketones is 1. The van der Waals surface area contributed by atoms with Gasteiger partial charge >= 0.3 is 6.18 Å². The maximum Gasteiger partial charge on any atom is 0.416 e. The number of aliphatic hydroxyl groups is 1. The van der Waals surface area contributed by atoms with Crippen molar-refractivity contribution in [3.05, 3.63) is 95.1 Å². The third-order valence-electron chi connectivity index (χ3n) is 5.69. The van der Waals surface area contributed by atoms with Crippen molar-refractivity contribution in [1.82, 2.24) is 0 Å². The van der Waals surface area contributed by atoms with Crippen LogP contribution in [0.5, 0.6) is 11.5 Å². The molecule has 1 aliphatic heterocycles. The number of halogens is 3. The number of amides is 1. The van der Waals surface area contributed by atoms with Gasteiger partial charge in [-0.25, -0.2) is 0 Å². The molecular weight excluding hydrogens is 463 g/mol. The second-order valence-corrected chi connectivity index (χ2v) is 7.72. The summed E-state index contributed by atoms with van der Waals surface area (Å²) in [5.74, 6) is -1.52. The molecular formula is C26H20F3NO5. The Balaban J connectivity index is 1.92. The van der Waals surface area contributed by atoms with E-state index in [1.54, 1.807) is 36.4 Å². The summed E-state index contributed by atoms with van der Waals surface area (Å²) in [5, 5.41) is 11.1. The van der Waals surface area contributed by atoms with E-state index in [1.165, 1.54) is 32.4 Å². The fourth-order valence-corrected chi connectivity index (χ4v) is 3.94. The number of carbonyl (C=O) groups excluding carboxylic acids is 2. The molecule has 0 aliphatic carbocycles. The zero-order chi connectivity index (χ0) is 25.3. The maximum atomic E-state index is 13.4. The first-order valence-electron chi connectivity index (χ1n) is 10.4. The Hall–Kier alpha value is -4.27. The Labute approximate surface area is 198 Å². The first-order chi connectivity index (χ1) is 16.7. The van der Waals surface area contributed by atoms with Crippen molar-refractivity contribution in [2.24, 2.45) is 0 Å². The van der Waals surface area contributed by atoms with Gasteiger partial charge in [-0.3, -0.25) is 14.5 Å². The van der Waals surface area contributed by atoms with Crippen LogP contribution < -0.4 is 14.4 Å². The minimum Gasteiger partial charge on any atom is -0.507 e. The van der Waals surface area contributed by atoms with E-state index >= 15 is 0 Å². The number of anilines is 1. The molecule has 35 heavy (non-hydrogen) atoms. The predicted molar refractivity (Wildman–Crippen MR) is 122 cm³/mol. The molecule has 3 aromatic rings. The summed E-state index contributed by atoms with van der Waals surface area (Å²) in [6.45, 7) is 0. The Morgan fingerprint density at radius 2 is 1.46 bits per heavy atom. The van der Waals surface area contributed by atoms with Gasteiger partial charge in [-0.15, -0.1) is 0 Å². The largest absolute Gasteiger partial charge is 0.507 e. The second kappa shape index (κ2) is 9.17. The van der Waals surface area contributed by atoms with Crippen LogP contribution in [0.15, 0.2) is 78.4 Å². The van der Waals surface area contributed by atoms with Crippen molar-refractivity contribution in [2.45, 2.75) is 12.2 Å². The quantitative estimate of drug-likeness (QED) is 0.301. The van der Waals surface area contributed by atoms with Crippen LogP contribution in [0.3, 0.4) is 0 Å². The number of rotatable bonds is 5. The molecule has 1 atom stereocenters. The summed E-state index contributed by atoms with van der Waals surface area (Å²) in [4.78, 5) is 27.2. The third kappa shape index (κ3) is 4.44. The van der Waals surface area contributed by atoms with Crippen molar-refractivity contribution >= 4 is 23.1 Å². The predicted octanol–water partition coefficient (Wildman–Crippen LogP) is 5.35. The third-order valence-corrected chi connectivity index (χ3v) is 5.69. The van der Waals surface area contributed by atoms with Gasteiger partial charge in [0.1, 0.15) is 17.3 Å². The van der Waals surface area contributed by atoms with Gasteiger partial charge in [0.15, 0.2) is 0 Å². The molecule has 0 radical (unpaired) electrons. The summed E-state index contributed by atoms with van der Waals surface area (Å²) in [5.41, 5.74) is -0.705. The lowest BCUT2D eigenvalue weighted by molar-refractivity contribution is -0.137. The molecule has 0 spiro atoms. The smallest absolute Gasteiger partial charge is 0.416 e. The minimum absolute atomic E-state index is 0.128. The number of methoxy groups -OCH3 is 2. The van der Waals surface area contributed by atoms with Crippen LogP contribution in [0.25, 0.3) is 5.76 Å². The highest BCUT2D eigenvalue weighted by molar-refractivity contribution is 6.51. The minimum atomic E-state index is -4.65.